The number of carbonyl (C=O) groups excluding carboxylic acids is 1. The van der Waals surface area contributed by atoms with Gasteiger partial charge in [0.05, 0.1) is 0 Å². The Bertz CT molecular complexity index is 410. The lowest BCUT2D eigenvalue weighted by atomic mass is 10.0. The zero-order chi connectivity index (χ0) is 13.1. The molecular weight excluding hydrogens is 248 g/mol. The predicted molar refractivity (Wildman–Crippen MR) is 72.9 cm³/mol. The normalized spacial score (nSPS) is 23.4. The number of anilines is 1. The number of nitrogens with one attached hydrogen (secondary N) is 1. The molecule has 18 heavy (non-hydrogen) atoms. The first-order valence-electron chi connectivity index (χ1n) is 6.48. The van der Waals surface area contributed by atoms with Gasteiger partial charge in [-0.3, -0.25) is 4.79 Å². The molecule has 1 aromatic heterocycles. The van der Waals surface area contributed by atoms with Crippen LogP contribution in [0.15, 0.2) is 0 Å². The van der Waals surface area contributed by atoms with Gasteiger partial charge in [0.2, 0.25) is 10.1 Å². The summed E-state index contributed by atoms with van der Waals surface area (Å²) in [4.78, 5) is 14.1. The zero-order valence-corrected chi connectivity index (χ0v) is 12.0. The highest BCUT2D eigenvalue weighted by Gasteiger charge is 2.31. The Morgan fingerprint density at radius 2 is 2.06 bits per heavy atom. The summed E-state index contributed by atoms with van der Waals surface area (Å²) in [6.45, 7) is 8.99. The van der Waals surface area contributed by atoms with Gasteiger partial charge in [0.25, 0.3) is 5.91 Å². The Morgan fingerprint density at radius 3 is 2.67 bits per heavy atom. The van der Waals surface area contributed by atoms with E-state index in [2.05, 4.69) is 36.3 Å². The van der Waals surface area contributed by atoms with E-state index in [0.717, 1.165) is 31.2 Å². The maximum absolute atomic E-state index is 12.2. The van der Waals surface area contributed by atoms with Crippen molar-refractivity contribution < 1.29 is 4.79 Å². The lowest BCUT2D eigenvalue weighted by molar-refractivity contribution is 0.0784. The highest BCUT2D eigenvalue weighted by molar-refractivity contribution is 7.17. The molecule has 1 aromatic rings. The molecule has 0 aromatic carbocycles. The number of hydrogen-bond acceptors (Lipinski definition) is 5. The standard InChI is InChI=1S/C12H20N4OS/c1-4-5-13-12-15-14-10(18-12)11(17)16-6-8(2)9(3)7-16/h8-9H,4-7H2,1-3H3,(H,13,15). The summed E-state index contributed by atoms with van der Waals surface area (Å²) in [5, 5.41) is 12.4. The molecule has 0 bridgehead atoms. The van der Waals surface area contributed by atoms with E-state index >= 15 is 0 Å². The molecule has 1 amide bonds. The molecule has 0 aliphatic carbocycles. The second kappa shape index (κ2) is 5.65. The molecule has 0 radical (unpaired) electrons. The molecule has 6 heteroatoms. The molecule has 2 rings (SSSR count). The van der Waals surface area contributed by atoms with Crippen LogP contribution in [-0.4, -0.2) is 40.6 Å². The smallest absolute Gasteiger partial charge is 0.284 e. The molecule has 5 nitrogen and oxygen atoms in total. The first-order chi connectivity index (χ1) is 8.61. The van der Waals surface area contributed by atoms with Crippen molar-refractivity contribution in [3.63, 3.8) is 0 Å². The van der Waals surface area contributed by atoms with Crippen molar-refractivity contribution in [3.05, 3.63) is 5.01 Å². The maximum atomic E-state index is 12.2. The van der Waals surface area contributed by atoms with E-state index in [1.54, 1.807) is 0 Å². The second-order valence-electron chi connectivity index (χ2n) is 5.00. The largest absolute Gasteiger partial charge is 0.360 e. The van der Waals surface area contributed by atoms with Gasteiger partial charge in [-0.15, -0.1) is 10.2 Å². The van der Waals surface area contributed by atoms with Crippen LogP contribution in [0.5, 0.6) is 0 Å². The van der Waals surface area contributed by atoms with Gasteiger partial charge < -0.3 is 10.2 Å². The van der Waals surface area contributed by atoms with Crippen LogP contribution in [-0.2, 0) is 0 Å². The van der Waals surface area contributed by atoms with Gasteiger partial charge in [0.1, 0.15) is 0 Å². The number of likely N-dealkylation sites (tertiary alicyclic amines) is 1. The van der Waals surface area contributed by atoms with E-state index in [-0.39, 0.29) is 5.91 Å². The van der Waals surface area contributed by atoms with Crippen LogP contribution in [0.25, 0.3) is 0 Å². The van der Waals surface area contributed by atoms with Crippen LogP contribution < -0.4 is 5.32 Å². The van der Waals surface area contributed by atoms with E-state index in [1.807, 2.05) is 4.90 Å². The van der Waals surface area contributed by atoms with Gasteiger partial charge in [-0.1, -0.05) is 32.1 Å². The van der Waals surface area contributed by atoms with Gasteiger partial charge in [0.15, 0.2) is 0 Å². The topological polar surface area (TPSA) is 58.1 Å². The second-order valence-corrected chi connectivity index (χ2v) is 5.98. The van der Waals surface area contributed by atoms with Crippen molar-refractivity contribution >= 4 is 22.4 Å². The summed E-state index contributed by atoms with van der Waals surface area (Å²) >= 11 is 1.35. The third kappa shape index (κ3) is 2.80. The summed E-state index contributed by atoms with van der Waals surface area (Å²) in [7, 11) is 0. The number of carbonyl (C=O) groups is 1. The van der Waals surface area contributed by atoms with Crippen LogP contribution in [0, 0.1) is 11.8 Å². The monoisotopic (exact) mass is 268 g/mol. The van der Waals surface area contributed by atoms with Crippen LogP contribution in [0.3, 0.4) is 0 Å². The molecule has 0 saturated carbocycles. The van der Waals surface area contributed by atoms with Crippen LogP contribution in [0.4, 0.5) is 5.13 Å². The summed E-state index contributed by atoms with van der Waals surface area (Å²) in [6.07, 6.45) is 1.03. The van der Waals surface area contributed by atoms with E-state index < -0.39 is 0 Å². The average molecular weight is 268 g/mol. The third-order valence-corrected chi connectivity index (χ3v) is 4.28. The van der Waals surface area contributed by atoms with Crippen molar-refractivity contribution in [2.45, 2.75) is 27.2 Å². The minimum Gasteiger partial charge on any atom is -0.360 e. The fourth-order valence-electron chi connectivity index (χ4n) is 2.04. The quantitative estimate of drug-likeness (QED) is 0.908. The SMILES string of the molecule is CCCNc1nnc(C(=O)N2CC(C)C(C)C2)s1. The average Bonchev–Trinajstić information content (AvgIpc) is 2.94. The fraction of sp³-hybridized carbons (Fsp3) is 0.750. The Kier molecular flexibility index (Phi) is 4.16. The summed E-state index contributed by atoms with van der Waals surface area (Å²) in [6, 6.07) is 0. The van der Waals surface area contributed by atoms with Crippen molar-refractivity contribution in [2.75, 3.05) is 25.0 Å². The highest BCUT2D eigenvalue weighted by Crippen LogP contribution is 2.25. The Morgan fingerprint density at radius 1 is 1.39 bits per heavy atom. The molecule has 100 valence electrons. The summed E-state index contributed by atoms with van der Waals surface area (Å²) < 4.78 is 0. The first-order valence-corrected chi connectivity index (χ1v) is 7.30. The van der Waals surface area contributed by atoms with Crippen molar-refractivity contribution in [2.24, 2.45) is 11.8 Å². The van der Waals surface area contributed by atoms with Crippen LogP contribution in [0.1, 0.15) is 37.0 Å². The molecule has 1 fully saturated rings. The predicted octanol–water partition coefficient (Wildman–Crippen LogP) is 2.09. The molecule has 2 atom stereocenters. The van der Waals surface area contributed by atoms with Crippen LogP contribution >= 0.6 is 11.3 Å². The van der Waals surface area contributed by atoms with E-state index in [4.69, 9.17) is 0 Å². The Balaban J connectivity index is 1.99. The molecule has 2 unspecified atom stereocenters. The highest BCUT2D eigenvalue weighted by atomic mass is 32.1. The Labute approximate surface area is 112 Å². The van der Waals surface area contributed by atoms with Crippen molar-refractivity contribution in [1.82, 2.24) is 15.1 Å². The zero-order valence-electron chi connectivity index (χ0n) is 11.1. The van der Waals surface area contributed by atoms with Crippen molar-refractivity contribution in [3.8, 4) is 0 Å². The molecule has 1 aliphatic heterocycles. The van der Waals surface area contributed by atoms with E-state index in [0.29, 0.717) is 16.8 Å². The third-order valence-electron chi connectivity index (χ3n) is 3.41. The van der Waals surface area contributed by atoms with Gasteiger partial charge in [0, 0.05) is 19.6 Å². The number of hydrogen-bond donors (Lipinski definition) is 1. The molecule has 1 saturated heterocycles. The van der Waals surface area contributed by atoms with Crippen molar-refractivity contribution in [1.29, 1.82) is 0 Å². The van der Waals surface area contributed by atoms with Gasteiger partial charge in [-0.05, 0) is 18.3 Å². The molecule has 1 N–H and O–H groups in total. The molecule has 2 heterocycles. The summed E-state index contributed by atoms with van der Waals surface area (Å²) in [5.41, 5.74) is 0. The van der Waals surface area contributed by atoms with Gasteiger partial charge in [-0.2, -0.15) is 0 Å². The van der Waals surface area contributed by atoms with E-state index in [9.17, 15) is 4.79 Å². The fourth-order valence-corrected chi connectivity index (χ4v) is 2.78. The molecular formula is C12H20N4OS. The number of amides is 1. The minimum absolute atomic E-state index is 0.0215. The molecule has 1 aliphatic rings. The minimum atomic E-state index is 0.0215. The number of nitrogens with zero attached hydrogens (tertiary/aromatic N) is 3. The van der Waals surface area contributed by atoms with E-state index in [1.165, 1.54) is 11.3 Å². The first kappa shape index (κ1) is 13.3. The number of rotatable bonds is 4. The molecule has 0 spiro atoms. The Hall–Kier alpha value is -1.17. The maximum Gasteiger partial charge on any atom is 0.284 e. The lowest BCUT2D eigenvalue weighted by Crippen LogP contribution is -2.28. The lowest BCUT2D eigenvalue weighted by Gasteiger charge is -2.13. The summed E-state index contributed by atoms with van der Waals surface area (Å²) in [5.74, 6) is 1.16. The van der Waals surface area contributed by atoms with Gasteiger partial charge in [-0.25, -0.2) is 0 Å². The van der Waals surface area contributed by atoms with Gasteiger partial charge >= 0.3 is 0 Å². The number of aromatic nitrogens is 2. The van der Waals surface area contributed by atoms with Crippen LogP contribution in [0.2, 0.25) is 0 Å².